The van der Waals surface area contributed by atoms with Crippen molar-refractivity contribution in [3.05, 3.63) is 76.3 Å². The van der Waals surface area contributed by atoms with Gasteiger partial charge in [-0.25, -0.2) is 4.79 Å². The summed E-state index contributed by atoms with van der Waals surface area (Å²) in [6.45, 7) is 5.49. The van der Waals surface area contributed by atoms with Crippen molar-refractivity contribution >= 4 is 40.5 Å². The van der Waals surface area contributed by atoms with Gasteiger partial charge in [-0.2, -0.15) is 0 Å². The largest absolute Gasteiger partial charge is 0.495 e. The lowest BCUT2D eigenvalue weighted by atomic mass is 10.1. The Morgan fingerprint density at radius 3 is 2.57 bits per heavy atom. The number of carbonyl (C=O) groups is 2. The number of halogens is 1. The second-order valence-corrected chi connectivity index (χ2v) is 7.54. The molecule has 1 aromatic heterocycles. The molecule has 0 aliphatic carbocycles. The SMILES string of the molecule is C=C(Oc1ccccc1C)C(=O)Nc1csc(-c2ccc(Cl)c(OC)c2)c1C(=O)O. The van der Waals surface area contributed by atoms with Gasteiger partial charge in [-0.15, -0.1) is 11.3 Å². The van der Waals surface area contributed by atoms with Gasteiger partial charge in [0.2, 0.25) is 0 Å². The number of aromatic carboxylic acids is 1. The second-order valence-electron chi connectivity index (χ2n) is 6.25. The zero-order chi connectivity index (χ0) is 21.8. The second kappa shape index (κ2) is 9.02. The maximum absolute atomic E-state index is 12.5. The Morgan fingerprint density at radius 2 is 1.90 bits per heavy atom. The molecular formula is C22H18ClNO5S. The summed E-state index contributed by atoms with van der Waals surface area (Å²) in [6.07, 6.45) is 0. The van der Waals surface area contributed by atoms with Crippen LogP contribution in [0.1, 0.15) is 15.9 Å². The van der Waals surface area contributed by atoms with Crippen molar-refractivity contribution in [3.63, 3.8) is 0 Å². The predicted octanol–water partition coefficient (Wildman–Crippen LogP) is 5.61. The van der Waals surface area contributed by atoms with E-state index in [0.29, 0.717) is 27.0 Å². The molecule has 6 nitrogen and oxygen atoms in total. The van der Waals surface area contributed by atoms with Crippen molar-refractivity contribution in [2.45, 2.75) is 6.92 Å². The number of benzene rings is 2. The van der Waals surface area contributed by atoms with Gasteiger partial charge < -0.3 is 19.9 Å². The number of carboxylic acid groups (broad SMARTS) is 1. The van der Waals surface area contributed by atoms with Gasteiger partial charge in [-0.1, -0.05) is 42.4 Å². The lowest BCUT2D eigenvalue weighted by Gasteiger charge is -2.11. The summed E-state index contributed by atoms with van der Waals surface area (Å²) in [5, 5.41) is 14.3. The van der Waals surface area contributed by atoms with Crippen molar-refractivity contribution in [3.8, 4) is 21.9 Å². The van der Waals surface area contributed by atoms with Crippen LogP contribution in [0, 0.1) is 6.92 Å². The predicted molar refractivity (Wildman–Crippen MR) is 118 cm³/mol. The van der Waals surface area contributed by atoms with Gasteiger partial charge >= 0.3 is 5.97 Å². The summed E-state index contributed by atoms with van der Waals surface area (Å²) in [7, 11) is 1.48. The van der Waals surface area contributed by atoms with Crippen molar-refractivity contribution < 1.29 is 24.2 Å². The van der Waals surface area contributed by atoms with E-state index in [0.717, 1.165) is 5.56 Å². The quantitative estimate of drug-likeness (QED) is 0.366. The number of aryl methyl sites for hydroxylation is 1. The lowest BCUT2D eigenvalue weighted by Crippen LogP contribution is -2.18. The fourth-order valence-electron chi connectivity index (χ4n) is 2.72. The third-order valence-corrected chi connectivity index (χ3v) is 5.59. The minimum Gasteiger partial charge on any atom is -0.495 e. The van der Waals surface area contributed by atoms with Crippen LogP contribution in [0.5, 0.6) is 11.5 Å². The third-order valence-electron chi connectivity index (χ3n) is 4.25. The Hall–Kier alpha value is -3.29. The Labute approximate surface area is 182 Å². The molecule has 0 atom stereocenters. The first kappa shape index (κ1) is 21.4. The monoisotopic (exact) mass is 443 g/mol. The molecule has 2 N–H and O–H groups in total. The van der Waals surface area contributed by atoms with Gasteiger partial charge in [-0.3, -0.25) is 4.79 Å². The van der Waals surface area contributed by atoms with Crippen molar-refractivity contribution in [2.75, 3.05) is 12.4 Å². The van der Waals surface area contributed by atoms with Crippen LogP contribution in [0.4, 0.5) is 5.69 Å². The molecule has 0 fully saturated rings. The van der Waals surface area contributed by atoms with Gasteiger partial charge in [0, 0.05) is 5.38 Å². The summed E-state index contributed by atoms with van der Waals surface area (Å²) in [5.41, 5.74) is 1.55. The molecule has 0 bridgehead atoms. The van der Waals surface area contributed by atoms with E-state index in [-0.39, 0.29) is 17.0 Å². The number of thiophene rings is 1. The molecule has 0 saturated heterocycles. The Balaban J connectivity index is 1.86. The molecule has 0 saturated carbocycles. The molecule has 3 rings (SSSR count). The van der Waals surface area contributed by atoms with E-state index in [1.165, 1.54) is 18.4 Å². The summed E-state index contributed by atoms with van der Waals surface area (Å²) in [4.78, 5) is 24.9. The number of amides is 1. The van der Waals surface area contributed by atoms with Crippen LogP contribution >= 0.6 is 22.9 Å². The van der Waals surface area contributed by atoms with E-state index in [1.807, 2.05) is 19.1 Å². The number of methoxy groups -OCH3 is 1. The minimum atomic E-state index is -1.18. The number of para-hydroxylation sites is 1. The van der Waals surface area contributed by atoms with Crippen LogP contribution in [0.2, 0.25) is 5.02 Å². The summed E-state index contributed by atoms with van der Waals surface area (Å²) >= 11 is 7.23. The highest BCUT2D eigenvalue weighted by Crippen LogP contribution is 2.39. The highest BCUT2D eigenvalue weighted by Gasteiger charge is 2.23. The molecule has 0 radical (unpaired) electrons. The van der Waals surface area contributed by atoms with Crippen LogP contribution in [-0.2, 0) is 4.79 Å². The number of carbonyl (C=O) groups excluding carboxylic acids is 1. The molecule has 30 heavy (non-hydrogen) atoms. The van der Waals surface area contributed by atoms with Gasteiger partial charge in [0.15, 0.2) is 5.76 Å². The number of nitrogens with one attached hydrogen (secondary N) is 1. The highest BCUT2D eigenvalue weighted by atomic mass is 35.5. The van der Waals surface area contributed by atoms with Crippen LogP contribution < -0.4 is 14.8 Å². The van der Waals surface area contributed by atoms with Crippen molar-refractivity contribution in [1.82, 2.24) is 0 Å². The van der Waals surface area contributed by atoms with Gasteiger partial charge in [0.25, 0.3) is 5.91 Å². The third kappa shape index (κ3) is 4.48. The van der Waals surface area contributed by atoms with E-state index < -0.39 is 11.9 Å². The minimum absolute atomic E-state index is 0.0404. The van der Waals surface area contributed by atoms with Crippen LogP contribution in [0.3, 0.4) is 0 Å². The van der Waals surface area contributed by atoms with Gasteiger partial charge in [-0.05, 0) is 36.2 Å². The van der Waals surface area contributed by atoms with Crippen LogP contribution in [0.15, 0.2) is 60.2 Å². The lowest BCUT2D eigenvalue weighted by molar-refractivity contribution is -0.114. The number of ether oxygens (including phenoxy) is 2. The number of rotatable bonds is 7. The molecule has 8 heteroatoms. The first-order valence-corrected chi connectivity index (χ1v) is 10.00. The molecule has 0 aliphatic rings. The summed E-state index contributed by atoms with van der Waals surface area (Å²) < 4.78 is 10.7. The maximum atomic E-state index is 12.5. The molecule has 0 spiro atoms. The standard InChI is InChI=1S/C22H18ClNO5S/c1-12-6-4-5-7-17(12)29-13(2)21(25)24-16-11-30-20(19(16)22(26)27)14-8-9-15(23)18(10-14)28-3/h4-11H,2H2,1,3H3,(H,24,25)(H,26,27). The van der Waals surface area contributed by atoms with E-state index in [1.54, 1.807) is 35.7 Å². The summed E-state index contributed by atoms with van der Waals surface area (Å²) in [5.74, 6) is -1.05. The van der Waals surface area contributed by atoms with E-state index in [2.05, 4.69) is 11.9 Å². The molecule has 154 valence electrons. The van der Waals surface area contributed by atoms with E-state index in [9.17, 15) is 14.7 Å². The first-order valence-electron chi connectivity index (χ1n) is 8.74. The fraction of sp³-hybridized carbons (Fsp3) is 0.0909. The Kier molecular flexibility index (Phi) is 6.44. The van der Waals surface area contributed by atoms with Crippen LogP contribution in [0.25, 0.3) is 10.4 Å². The van der Waals surface area contributed by atoms with Crippen molar-refractivity contribution in [1.29, 1.82) is 0 Å². The van der Waals surface area contributed by atoms with Crippen LogP contribution in [-0.4, -0.2) is 24.1 Å². The average Bonchev–Trinajstić information content (AvgIpc) is 3.13. The highest BCUT2D eigenvalue weighted by molar-refractivity contribution is 7.14. The van der Waals surface area contributed by atoms with E-state index in [4.69, 9.17) is 21.1 Å². The number of hydrogen-bond acceptors (Lipinski definition) is 5. The molecule has 3 aromatic rings. The molecule has 0 aliphatic heterocycles. The zero-order valence-electron chi connectivity index (χ0n) is 16.2. The zero-order valence-corrected chi connectivity index (χ0v) is 17.8. The molecule has 1 amide bonds. The Morgan fingerprint density at radius 1 is 1.17 bits per heavy atom. The number of hydrogen-bond donors (Lipinski definition) is 2. The molecule has 1 heterocycles. The van der Waals surface area contributed by atoms with Gasteiger partial charge in [0.1, 0.15) is 17.1 Å². The van der Waals surface area contributed by atoms with Gasteiger partial charge in [0.05, 0.1) is 22.7 Å². The first-order chi connectivity index (χ1) is 14.3. The molecule has 0 unspecified atom stereocenters. The Bertz CT molecular complexity index is 1140. The molecule has 2 aromatic carbocycles. The number of anilines is 1. The number of carboxylic acids is 1. The normalized spacial score (nSPS) is 10.4. The smallest absolute Gasteiger partial charge is 0.339 e. The fourth-order valence-corrected chi connectivity index (χ4v) is 3.90. The van der Waals surface area contributed by atoms with E-state index >= 15 is 0 Å². The van der Waals surface area contributed by atoms with Crippen molar-refractivity contribution in [2.24, 2.45) is 0 Å². The summed E-state index contributed by atoms with van der Waals surface area (Å²) in [6, 6.07) is 12.1. The topological polar surface area (TPSA) is 84.9 Å². The maximum Gasteiger partial charge on any atom is 0.339 e. The average molecular weight is 444 g/mol. The molecular weight excluding hydrogens is 426 g/mol.